The zero-order valence-electron chi connectivity index (χ0n) is 17.3. The fourth-order valence-corrected chi connectivity index (χ4v) is 3.82. The molecule has 4 rings (SSSR count). The van der Waals surface area contributed by atoms with Gasteiger partial charge in [0, 0.05) is 11.4 Å². The normalized spacial score (nSPS) is 10.7. The number of nitrogens with zero attached hydrogens (tertiary/aromatic N) is 3. The summed E-state index contributed by atoms with van der Waals surface area (Å²) in [5, 5.41) is 14.7. The minimum atomic E-state index is -0.343. The SMILES string of the molecule is Cc1cccc(NC(=O)CSc2nnc(CNC(=O)c3ccco3)n2-c2ccccc2)c1. The van der Waals surface area contributed by atoms with Gasteiger partial charge in [0.2, 0.25) is 5.91 Å². The molecule has 0 radical (unpaired) electrons. The number of amides is 2. The Bertz CT molecular complexity index is 1210. The van der Waals surface area contributed by atoms with E-state index in [4.69, 9.17) is 4.42 Å². The Morgan fingerprint density at radius 1 is 1.03 bits per heavy atom. The molecule has 2 N–H and O–H groups in total. The van der Waals surface area contributed by atoms with Crippen molar-refractivity contribution in [3.05, 3.63) is 90.1 Å². The highest BCUT2D eigenvalue weighted by atomic mass is 32.2. The zero-order chi connectivity index (χ0) is 22.3. The molecule has 0 aliphatic heterocycles. The first-order chi connectivity index (χ1) is 15.6. The van der Waals surface area contributed by atoms with Gasteiger partial charge in [-0.3, -0.25) is 14.2 Å². The third kappa shape index (κ3) is 5.25. The highest BCUT2D eigenvalue weighted by Crippen LogP contribution is 2.22. The van der Waals surface area contributed by atoms with Crippen LogP contribution in [0.25, 0.3) is 5.69 Å². The van der Waals surface area contributed by atoms with Crippen LogP contribution in [0.1, 0.15) is 21.9 Å². The smallest absolute Gasteiger partial charge is 0.287 e. The molecule has 0 unspecified atom stereocenters. The largest absolute Gasteiger partial charge is 0.459 e. The van der Waals surface area contributed by atoms with Crippen LogP contribution in [0.15, 0.2) is 82.6 Å². The van der Waals surface area contributed by atoms with E-state index in [1.54, 1.807) is 12.1 Å². The molecule has 0 fully saturated rings. The summed E-state index contributed by atoms with van der Waals surface area (Å²) in [7, 11) is 0. The average Bonchev–Trinajstić information content (AvgIpc) is 3.47. The minimum Gasteiger partial charge on any atom is -0.459 e. The number of rotatable bonds is 8. The number of carbonyl (C=O) groups is 2. The van der Waals surface area contributed by atoms with E-state index in [2.05, 4.69) is 20.8 Å². The van der Waals surface area contributed by atoms with Crippen LogP contribution in [0.5, 0.6) is 0 Å². The van der Waals surface area contributed by atoms with Crippen molar-refractivity contribution in [3.8, 4) is 5.69 Å². The Labute approximate surface area is 189 Å². The predicted molar refractivity (Wildman–Crippen MR) is 122 cm³/mol. The van der Waals surface area contributed by atoms with Crippen molar-refractivity contribution in [2.24, 2.45) is 0 Å². The second-order valence-electron chi connectivity index (χ2n) is 6.94. The molecule has 0 aliphatic carbocycles. The third-order valence-corrected chi connectivity index (χ3v) is 5.43. The fourth-order valence-electron chi connectivity index (χ4n) is 3.05. The van der Waals surface area contributed by atoms with Gasteiger partial charge >= 0.3 is 0 Å². The maximum absolute atomic E-state index is 12.4. The molecule has 2 heterocycles. The van der Waals surface area contributed by atoms with E-state index in [1.807, 2.05) is 66.1 Å². The molecule has 2 aromatic heterocycles. The van der Waals surface area contributed by atoms with Gasteiger partial charge in [0.1, 0.15) is 0 Å². The van der Waals surface area contributed by atoms with Gasteiger partial charge < -0.3 is 15.1 Å². The maximum Gasteiger partial charge on any atom is 0.287 e. The van der Waals surface area contributed by atoms with Crippen molar-refractivity contribution in [3.63, 3.8) is 0 Å². The average molecular weight is 448 g/mol. The molecule has 0 aliphatic rings. The summed E-state index contributed by atoms with van der Waals surface area (Å²) < 4.78 is 6.95. The van der Waals surface area contributed by atoms with Crippen LogP contribution in [0.4, 0.5) is 5.69 Å². The number of hydrogen-bond donors (Lipinski definition) is 2. The third-order valence-electron chi connectivity index (χ3n) is 4.50. The van der Waals surface area contributed by atoms with Crippen LogP contribution in [0, 0.1) is 6.92 Å². The summed E-state index contributed by atoms with van der Waals surface area (Å²) >= 11 is 1.27. The highest BCUT2D eigenvalue weighted by Gasteiger charge is 2.17. The van der Waals surface area contributed by atoms with Gasteiger partial charge in [-0.15, -0.1) is 10.2 Å². The van der Waals surface area contributed by atoms with E-state index in [9.17, 15) is 9.59 Å². The molecule has 2 aromatic carbocycles. The summed E-state index contributed by atoms with van der Waals surface area (Å²) in [6, 6.07) is 20.4. The number of hydrogen-bond acceptors (Lipinski definition) is 6. The van der Waals surface area contributed by atoms with Crippen LogP contribution in [-0.2, 0) is 11.3 Å². The second kappa shape index (κ2) is 9.97. The lowest BCUT2D eigenvalue weighted by atomic mass is 10.2. The first kappa shape index (κ1) is 21.4. The number of aryl methyl sites for hydroxylation is 1. The van der Waals surface area contributed by atoms with Crippen molar-refractivity contribution < 1.29 is 14.0 Å². The molecule has 4 aromatic rings. The predicted octanol–water partition coefficient (Wildman–Crippen LogP) is 3.83. The van der Waals surface area contributed by atoms with Crippen LogP contribution >= 0.6 is 11.8 Å². The number of benzene rings is 2. The molecule has 2 amide bonds. The highest BCUT2D eigenvalue weighted by molar-refractivity contribution is 7.99. The number of furan rings is 1. The first-order valence-electron chi connectivity index (χ1n) is 9.91. The molecule has 0 atom stereocenters. The van der Waals surface area contributed by atoms with E-state index < -0.39 is 0 Å². The van der Waals surface area contributed by atoms with Gasteiger partial charge in [0.05, 0.1) is 18.6 Å². The zero-order valence-corrected chi connectivity index (χ0v) is 18.1. The summed E-state index contributed by atoms with van der Waals surface area (Å²) in [5.41, 5.74) is 2.66. The molecule has 0 bridgehead atoms. The molecule has 9 heteroatoms. The number of carbonyl (C=O) groups excluding carboxylic acids is 2. The molecular formula is C23H21N5O3S. The van der Waals surface area contributed by atoms with Gasteiger partial charge in [-0.25, -0.2) is 0 Å². The molecule has 0 saturated heterocycles. The van der Waals surface area contributed by atoms with Crippen molar-refractivity contribution >= 4 is 29.3 Å². The Hall–Kier alpha value is -3.85. The summed E-state index contributed by atoms with van der Waals surface area (Å²) in [6.07, 6.45) is 1.44. The topological polar surface area (TPSA) is 102 Å². The van der Waals surface area contributed by atoms with Crippen LogP contribution in [-0.4, -0.2) is 32.3 Å². The van der Waals surface area contributed by atoms with Gasteiger partial charge in [0.15, 0.2) is 16.7 Å². The number of thioether (sulfide) groups is 1. The quantitative estimate of drug-likeness (QED) is 0.398. The van der Waals surface area contributed by atoms with Gasteiger partial charge in [-0.05, 0) is 48.9 Å². The minimum absolute atomic E-state index is 0.143. The first-order valence-corrected chi connectivity index (χ1v) is 10.9. The van der Waals surface area contributed by atoms with E-state index in [0.29, 0.717) is 11.0 Å². The van der Waals surface area contributed by atoms with Crippen molar-refractivity contribution in [1.29, 1.82) is 0 Å². The fraction of sp³-hybridized carbons (Fsp3) is 0.130. The standard InChI is InChI=1S/C23H21N5O3S/c1-16-7-5-8-17(13-16)25-21(29)15-32-23-27-26-20(28(23)18-9-3-2-4-10-18)14-24-22(30)19-11-6-12-31-19/h2-13H,14-15H2,1H3,(H,24,30)(H,25,29). The molecular weight excluding hydrogens is 426 g/mol. The number of anilines is 1. The summed E-state index contributed by atoms with van der Waals surface area (Å²) in [6.45, 7) is 2.12. The van der Waals surface area contributed by atoms with Crippen LogP contribution < -0.4 is 10.6 Å². The second-order valence-corrected chi connectivity index (χ2v) is 7.88. The number of para-hydroxylation sites is 1. The van der Waals surface area contributed by atoms with Crippen molar-refractivity contribution in [2.75, 3.05) is 11.1 Å². The monoisotopic (exact) mass is 447 g/mol. The molecule has 0 spiro atoms. The van der Waals surface area contributed by atoms with Crippen molar-refractivity contribution in [1.82, 2.24) is 20.1 Å². The van der Waals surface area contributed by atoms with Gasteiger partial charge in [-0.1, -0.05) is 42.1 Å². The van der Waals surface area contributed by atoms with Gasteiger partial charge in [0.25, 0.3) is 5.91 Å². The summed E-state index contributed by atoms with van der Waals surface area (Å²) in [4.78, 5) is 24.7. The number of aromatic nitrogens is 3. The molecule has 8 nitrogen and oxygen atoms in total. The number of nitrogens with one attached hydrogen (secondary N) is 2. The lowest BCUT2D eigenvalue weighted by Gasteiger charge is -2.11. The maximum atomic E-state index is 12.4. The van der Waals surface area contributed by atoms with Gasteiger partial charge in [-0.2, -0.15) is 0 Å². The Morgan fingerprint density at radius 2 is 1.88 bits per heavy atom. The van der Waals surface area contributed by atoms with Crippen molar-refractivity contribution in [2.45, 2.75) is 18.6 Å². The Kier molecular flexibility index (Phi) is 6.66. The molecule has 0 saturated carbocycles. The van der Waals surface area contributed by atoms with E-state index in [-0.39, 0.29) is 29.9 Å². The van der Waals surface area contributed by atoms with E-state index >= 15 is 0 Å². The van der Waals surface area contributed by atoms with Crippen LogP contribution in [0.2, 0.25) is 0 Å². The van der Waals surface area contributed by atoms with E-state index in [0.717, 1.165) is 16.9 Å². The molecule has 32 heavy (non-hydrogen) atoms. The lowest BCUT2D eigenvalue weighted by Crippen LogP contribution is -2.24. The molecule has 162 valence electrons. The lowest BCUT2D eigenvalue weighted by molar-refractivity contribution is -0.113. The Balaban J connectivity index is 1.47. The Morgan fingerprint density at radius 3 is 2.62 bits per heavy atom. The summed E-state index contributed by atoms with van der Waals surface area (Å²) in [5.74, 6) is 0.439. The van der Waals surface area contributed by atoms with E-state index in [1.165, 1.54) is 18.0 Å². The van der Waals surface area contributed by atoms with Crippen LogP contribution in [0.3, 0.4) is 0 Å².